The quantitative estimate of drug-likeness (QED) is 0.559. The van der Waals surface area contributed by atoms with Gasteiger partial charge in [0.15, 0.2) is 11.0 Å². The number of carbonyl (C=O) groups excluding carboxylic acids is 1. The first-order valence-corrected chi connectivity index (χ1v) is 10.5. The van der Waals surface area contributed by atoms with Crippen LogP contribution in [0.1, 0.15) is 32.2 Å². The Bertz CT molecular complexity index is 1010. The highest BCUT2D eigenvalue weighted by molar-refractivity contribution is 7.99. The van der Waals surface area contributed by atoms with Crippen molar-refractivity contribution in [2.24, 2.45) is 7.05 Å². The molecule has 0 bridgehead atoms. The number of hydrogen-bond acceptors (Lipinski definition) is 5. The van der Waals surface area contributed by atoms with Gasteiger partial charge in [0, 0.05) is 7.05 Å². The number of rotatable bonds is 7. The minimum Gasteiger partial charge on any atom is -0.486 e. The number of carbonyl (C=O) groups is 1. The van der Waals surface area contributed by atoms with Crippen LogP contribution >= 0.6 is 11.8 Å². The summed E-state index contributed by atoms with van der Waals surface area (Å²) in [5.41, 5.74) is 1.49. The summed E-state index contributed by atoms with van der Waals surface area (Å²) in [5.74, 6) is 0.709. The SMILES string of the molecule is Cn1c(COc2ccc(C(C)(C)C)cc2)nnc1SCC(=O)Nc1ccccc1F. The van der Waals surface area contributed by atoms with Crippen molar-refractivity contribution in [1.82, 2.24) is 14.8 Å². The molecular formula is C22H25FN4O2S. The lowest BCUT2D eigenvalue weighted by Gasteiger charge is -2.19. The zero-order chi connectivity index (χ0) is 21.7. The second-order valence-corrected chi connectivity index (χ2v) is 8.78. The third-order valence-corrected chi connectivity index (χ3v) is 5.51. The summed E-state index contributed by atoms with van der Waals surface area (Å²) in [4.78, 5) is 12.1. The van der Waals surface area contributed by atoms with E-state index in [1.165, 1.54) is 29.5 Å². The molecule has 1 amide bonds. The van der Waals surface area contributed by atoms with E-state index < -0.39 is 5.82 Å². The maximum Gasteiger partial charge on any atom is 0.234 e. The molecule has 0 aliphatic heterocycles. The van der Waals surface area contributed by atoms with Crippen LogP contribution in [0.4, 0.5) is 10.1 Å². The van der Waals surface area contributed by atoms with E-state index in [9.17, 15) is 9.18 Å². The van der Waals surface area contributed by atoms with Gasteiger partial charge in [0.2, 0.25) is 5.91 Å². The van der Waals surface area contributed by atoms with E-state index in [-0.39, 0.29) is 29.4 Å². The Labute approximate surface area is 179 Å². The van der Waals surface area contributed by atoms with E-state index in [4.69, 9.17) is 4.74 Å². The van der Waals surface area contributed by atoms with Gasteiger partial charge < -0.3 is 14.6 Å². The van der Waals surface area contributed by atoms with Crippen LogP contribution in [0.2, 0.25) is 0 Å². The Kier molecular flexibility index (Phi) is 6.77. The number of benzene rings is 2. The Morgan fingerprint density at radius 1 is 1.13 bits per heavy atom. The van der Waals surface area contributed by atoms with Crippen LogP contribution in [0, 0.1) is 5.82 Å². The topological polar surface area (TPSA) is 69.0 Å². The molecule has 0 aliphatic rings. The maximum atomic E-state index is 13.6. The van der Waals surface area contributed by atoms with Crippen molar-refractivity contribution in [2.45, 2.75) is 37.9 Å². The van der Waals surface area contributed by atoms with Crippen molar-refractivity contribution in [2.75, 3.05) is 11.1 Å². The van der Waals surface area contributed by atoms with E-state index in [1.807, 2.05) is 19.2 Å². The Hall–Kier alpha value is -2.87. The molecule has 0 fully saturated rings. The van der Waals surface area contributed by atoms with Gasteiger partial charge in [0.05, 0.1) is 11.4 Å². The first-order valence-electron chi connectivity index (χ1n) is 9.53. The van der Waals surface area contributed by atoms with Crippen molar-refractivity contribution >= 4 is 23.4 Å². The zero-order valence-corrected chi connectivity index (χ0v) is 18.3. The number of para-hydroxylation sites is 1. The van der Waals surface area contributed by atoms with Crippen LogP contribution in [0.3, 0.4) is 0 Å². The third-order valence-electron chi connectivity index (χ3n) is 4.49. The number of aromatic nitrogens is 3. The number of hydrogen-bond donors (Lipinski definition) is 1. The number of anilines is 1. The minimum atomic E-state index is -0.468. The molecule has 0 saturated carbocycles. The van der Waals surface area contributed by atoms with Crippen LogP contribution in [-0.2, 0) is 23.9 Å². The Balaban J connectivity index is 1.53. The molecule has 0 aliphatic carbocycles. The summed E-state index contributed by atoms with van der Waals surface area (Å²) in [7, 11) is 1.82. The molecule has 3 aromatic rings. The third kappa shape index (κ3) is 5.60. The van der Waals surface area contributed by atoms with Crippen molar-refractivity contribution in [3.8, 4) is 5.75 Å². The summed E-state index contributed by atoms with van der Waals surface area (Å²) in [5, 5.41) is 11.4. The molecule has 1 N–H and O–H groups in total. The molecule has 0 radical (unpaired) electrons. The second kappa shape index (κ2) is 9.30. The Morgan fingerprint density at radius 3 is 2.50 bits per heavy atom. The lowest BCUT2D eigenvalue weighted by molar-refractivity contribution is -0.113. The number of amides is 1. The van der Waals surface area contributed by atoms with Crippen LogP contribution in [0.25, 0.3) is 0 Å². The molecule has 0 unspecified atom stereocenters. The highest BCUT2D eigenvalue weighted by Crippen LogP contribution is 2.25. The van der Waals surface area contributed by atoms with E-state index in [0.717, 1.165) is 5.75 Å². The summed E-state index contributed by atoms with van der Waals surface area (Å²) in [6.07, 6.45) is 0. The fourth-order valence-electron chi connectivity index (χ4n) is 2.67. The molecule has 6 nitrogen and oxygen atoms in total. The lowest BCUT2D eigenvalue weighted by Crippen LogP contribution is -2.15. The number of halogens is 1. The molecule has 1 heterocycles. The van der Waals surface area contributed by atoms with Gasteiger partial charge in [0.1, 0.15) is 18.2 Å². The number of nitrogens with one attached hydrogen (secondary N) is 1. The molecule has 0 atom stereocenters. The van der Waals surface area contributed by atoms with E-state index in [1.54, 1.807) is 16.7 Å². The normalized spacial score (nSPS) is 11.4. The fourth-order valence-corrected chi connectivity index (χ4v) is 3.40. The molecule has 1 aromatic heterocycles. The summed E-state index contributed by atoms with van der Waals surface area (Å²) in [6.45, 7) is 6.76. The largest absolute Gasteiger partial charge is 0.486 e. The molecule has 158 valence electrons. The molecule has 8 heteroatoms. The highest BCUT2D eigenvalue weighted by atomic mass is 32.2. The average molecular weight is 429 g/mol. The lowest BCUT2D eigenvalue weighted by atomic mass is 9.87. The fraction of sp³-hybridized carbons (Fsp3) is 0.318. The van der Waals surface area contributed by atoms with Crippen molar-refractivity contribution < 1.29 is 13.9 Å². The van der Waals surface area contributed by atoms with Crippen molar-refractivity contribution in [3.05, 3.63) is 65.7 Å². The van der Waals surface area contributed by atoms with E-state index in [0.29, 0.717) is 11.0 Å². The average Bonchev–Trinajstić information content (AvgIpc) is 3.06. The van der Waals surface area contributed by atoms with Gasteiger partial charge in [0.25, 0.3) is 0 Å². The number of ether oxygens (including phenoxy) is 1. The van der Waals surface area contributed by atoms with E-state index >= 15 is 0 Å². The molecule has 0 saturated heterocycles. The van der Waals surface area contributed by atoms with Gasteiger partial charge in [-0.2, -0.15) is 0 Å². The number of nitrogens with zero attached hydrogens (tertiary/aromatic N) is 3. The van der Waals surface area contributed by atoms with Crippen LogP contribution in [-0.4, -0.2) is 26.4 Å². The summed E-state index contributed by atoms with van der Waals surface area (Å²) >= 11 is 1.23. The van der Waals surface area contributed by atoms with E-state index in [2.05, 4.69) is 48.4 Å². The predicted octanol–water partition coefficient (Wildman–Crippen LogP) is 4.56. The van der Waals surface area contributed by atoms with Gasteiger partial charge in [-0.3, -0.25) is 4.79 Å². The maximum absolute atomic E-state index is 13.6. The first-order chi connectivity index (χ1) is 14.2. The summed E-state index contributed by atoms with van der Waals surface area (Å²) < 4.78 is 21.2. The van der Waals surface area contributed by atoms with Gasteiger partial charge in [-0.05, 0) is 35.2 Å². The summed E-state index contributed by atoms with van der Waals surface area (Å²) in [6, 6.07) is 14.1. The first kappa shape index (κ1) is 21.8. The monoisotopic (exact) mass is 428 g/mol. The minimum absolute atomic E-state index is 0.0901. The van der Waals surface area contributed by atoms with Gasteiger partial charge >= 0.3 is 0 Å². The van der Waals surface area contributed by atoms with Gasteiger partial charge in [-0.15, -0.1) is 10.2 Å². The molecule has 3 rings (SSSR count). The number of thioether (sulfide) groups is 1. The van der Waals surface area contributed by atoms with Gasteiger partial charge in [-0.25, -0.2) is 4.39 Å². The van der Waals surface area contributed by atoms with Crippen LogP contribution in [0.5, 0.6) is 5.75 Å². The zero-order valence-electron chi connectivity index (χ0n) is 17.5. The highest BCUT2D eigenvalue weighted by Gasteiger charge is 2.15. The second-order valence-electron chi connectivity index (χ2n) is 7.84. The van der Waals surface area contributed by atoms with Crippen LogP contribution in [0.15, 0.2) is 53.7 Å². The van der Waals surface area contributed by atoms with Gasteiger partial charge in [-0.1, -0.05) is 56.8 Å². The van der Waals surface area contributed by atoms with Crippen molar-refractivity contribution in [1.29, 1.82) is 0 Å². The Morgan fingerprint density at radius 2 is 1.83 bits per heavy atom. The predicted molar refractivity (Wildman–Crippen MR) is 116 cm³/mol. The van der Waals surface area contributed by atoms with Crippen molar-refractivity contribution in [3.63, 3.8) is 0 Å². The molecule has 0 spiro atoms. The molecule has 30 heavy (non-hydrogen) atoms. The smallest absolute Gasteiger partial charge is 0.234 e. The standard InChI is InChI=1S/C22H25FN4O2S/c1-22(2,3)15-9-11-16(12-10-15)29-13-19-25-26-21(27(19)4)30-14-20(28)24-18-8-6-5-7-17(18)23/h5-12H,13-14H2,1-4H3,(H,24,28). The molecule has 2 aromatic carbocycles. The molecular weight excluding hydrogens is 403 g/mol. The van der Waals surface area contributed by atoms with Crippen LogP contribution < -0.4 is 10.1 Å².